The number of sulfonamides is 1. The average molecular weight is 864 g/mol. The number of likely N-dealkylation sites (tertiary alicyclic amines) is 2. The van der Waals surface area contributed by atoms with Crippen molar-refractivity contribution in [2.45, 2.75) is 115 Å². The number of thiazole rings is 1. The van der Waals surface area contributed by atoms with E-state index in [0.717, 1.165) is 24.4 Å². The fourth-order valence-corrected chi connectivity index (χ4v) is 10.4. The highest BCUT2D eigenvalue weighted by molar-refractivity contribution is 7.91. The fourth-order valence-electron chi connectivity index (χ4n) is 8.22. The summed E-state index contributed by atoms with van der Waals surface area (Å²) < 4.78 is 40.2. The molecule has 4 heterocycles. The number of carbonyl (C=O) groups is 4. The second-order valence-corrected chi connectivity index (χ2v) is 20.8. The average Bonchev–Trinajstić information content (AvgIpc) is 4.10. The summed E-state index contributed by atoms with van der Waals surface area (Å²) in [7, 11) is -2.33. The Morgan fingerprint density at radius 1 is 1.07 bits per heavy atom. The largest absolute Gasteiger partial charge is 0.497 e. The second kappa shape index (κ2) is 16.9. The van der Waals surface area contributed by atoms with Crippen LogP contribution < -0.4 is 24.8 Å². The molecule has 1 aromatic carbocycles. The first-order valence-electron chi connectivity index (χ1n) is 20.9. The highest BCUT2D eigenvalue weighted by Crippen LogP contribution is 2.46. The van der Waals surface area contributed by atoms with E-state index in [-0.39, 0.29) is 43.7 Å². The molecule has 1 unspecified atom stereocenters. The first-order valence-corrected chi connectivity index (χ1v) is 23.3. The van der Waals surface area contributed by atoms with Crippen molar-refractivity contribution in [3.63, 3.8) is 0 Å². The Bertz CT molecular complexity index is 2260. The molecule has 324 valence electrons. The molecule has 2 saturated carbocycles. The van der Waals surface area contributed by atoms with Crippen LogP contribution in [0.1, 0.15) is 86.0 Å². The number of nitrogens with one attached hydrogen (secondary N) is 3. The van der Waals surface area contributed by atoms with Crippen molar-refractivity contribution in [1.82, 2.24) is 29.8 Å². The third-order valence-electron chi connectivity index (χ3n) is 12.0. The molecule has 3 N–H and O–H groups in total. The van der Waals surface area contributed by atoms with Crippen LogP contribution in [0.5, 0.6) is 11.5 Å². The molecular formula is C43H57N7O8S2. The number of carbonyl (C=O) groups excluding carboxylic acids is 4. The van der Waals surface area contributed by atoms with E-state index in [1.54, 1.807) is 25.3 Å². The van der Waals surface area contributed by atoms with Gasteiger partial charge in [-0.1, -0.05) is 26.8 Å². The summed E-state index contributed by atoms with van der Waals surface area (Å²) in [4.78, 5) is 69.9. The maximum atomic E-state index is 14.9. The Morgan fingerprint density at radius 3 is 2.43 bits per heavy atom. The number of rotatable bonds is 15. The lowest BCUT2D eigenvalue weighted by molar-refractivity contribution is -0.148. The lowest BCUT2D eigenvalue weighted by Gasteiger charge is -2.36. The number of benzene rings is 1. The molecule has 4 amide bonds. The number of nitrogens with zero attached hydrogens (tertiary/aromatic N) is 4. The Morgan fingerprint density at radius 2 is 1.80 bits per heavy atom. The zero-order chi connectivity index (χ0) is 43.1. The predicted octanol–water partition coefficient (Wildman–Crippen LogP) is 5.27. The summed E-state index contributed by atoms with van der Waals surface area (Å²) in [6.45, 7) is 14.9. The first-order chi connectivity index (χ1) is 28.4. The van der Waals surface area contributed by atoms with Crippen LogP contribution in [0.15, 0.2) is 42.3 Å². The Kier molecular flexibility index (Phi) is 12.2. The molecule has 2 saturated heterocycles. The molecule has 3 aromatic rings. The number of methoxy groups -OCH3 is 1. The minimum atomic E-state index is -3.91. The van der Waals surface area contributed by atoms with Crippen LogP contribution in [0.4, 0.5) is 5.13 Å². The Balaban J connectivity index is 1.21. The minimum absolute atomic E-state index is 0.00993. The summed E-state index contributed by atoms with van der Waals surface area (Å²) in [6, 6.07) is 6.33. The molecule has 7 rings (SSSR count). The molecule has 0 spiro atoms. The quantitative estimate of drug-likeness (QED) is 0.169. The molecular weight excluding hydrogens is 807 g/mol. The van der Waals surface area contributed by atoms with Gasteiger partial charge in [0, 0.05) is 60.8 Å². The summed E-state index contributed by atoms with van der Waals surface area (Å²) in [5.41, 5.74) is -0.416. The van der Waals surface area contributed by atoms with Crippen LogP contribution in [0.25, 0.3) is 22.3 Å². The fraction of sp³-hybridized carbons (Fsp3) is 0.581. The highest BCUT2D eigenvalue weighted by Gasteiger charge is 2.62. The van der Waals surface area contributed by atoms with Crippen LogP contribution in [0.2, 0.25) is 0 Å². The smallest absolute Gasteiger partial charge is 0.259 e. The van der Waals surface area contributed by atoms with Crippen LogP contribution in [0.3, 0.4) is 0 Å². The van der Waals surface area contributed by atoms with E-state index in [2.05, 4.69) is 21.9 Å². The van der Waals surface area contributed by atoms with Crippen molar-refractivity contribution >= 4 is 61.0 Å². The number of piperidine rings is 1. The van der Waals surface area contributed by atoms with E-state index < -0.39 is 62.0 Å². The number of amides is 4. The molecule has 17 heteroatoms. The van der Waals surface area contributed by atoms with Gasteiger partial charge in [-0.05, 0) is 69.9 Å². The SMILES string of the molecule is C=C[C@@H]1C[C@]1(NC(=O)[C@@H]1C[C@@H](Oc2cc(-c3csc(NC(C)C)n3)nc3cc(OC)ccc23)CN1C(=O)C(CC(=O)N1CCCCC1)C(C)(C)C)C(=O)NS(=O)(=O)C1CC1. The van der Waals surface area contributed by atoms with Crippen LogP contribution in [0, 0.1) is 17.3 Å². The summed E-state index contributed by atoms with van der Waals surface area (Å²) >= 11 is 1.46. The van der Waals surface area contributed by atoms with Gasteiger partial charge >= 0.3 is 0 Å². The monoisotopic (exact) mass is 863 g/mol. The molecule has 2 aliphatic carbocycles. The molecule has 2 aliphatic heterocycles. The number of fused-ring (bicyclic) bond motifs is 1. The van der Waals surface area contributed by atoms with Gasteiger partial charge in [0.1, 0.15) is 34.9 Å². The van der Waals surface area contributed by atoms with Crippen molar-refractivity contribution in [1.29, 1.82) is 0 Å². The molecule has 60 heavy (non-hydrogen) atoms. The van der Waals surface area contributed by atoms with E-state index in [9.17, 15) is 27.6 Å². The van der Waals surface area contributed by atoms with E-state index in [0.29, 0.717) is 59.7 Å². The zero-order valence-electron chi connectivity index (χ0n) is 35.3. The first kappa shape index (κ1) is 43.3. The molecule has 5 atom stereocenters. The van der Waals surface area contributed by atoms with Gasteiger partial charge in [0.25, 0.3) is 5.91 Å². The van der Waals surface area contributed by atoms with Crippen LogP contribution >= 0.6 is 11.3 Å². The predicted molar refractivity (Wildman–Crippen MR) is 230 cm³/mol. The number of hydrogen-bond donors (Lipinski definition) is 3. The van der Waals surface area contributed by atoms with Crippen molar-refractivity contribution in [2.24, 2.45) is 17.3 Å². The topological polar surface area (TPSA) is 189 Å². The highest BCUT2D eigenvalue weighted by atomic mass is 32.2. The summed E-state index contributed by atoms with van der Waals surface area (Å²) in [5, 5.41) is 8.89. The third-order valence-corrected chi connectivity index (χ3v) is 14.6. The number of aromatic nitrogens is 2. The number of hydrogen-bond acceptors (Lipinski definition) is 12. The van der Waals surface area contributed by atoms with Crippen molar-refractivity contribution in [2.75, 3.05) is 32.1 Å². The van der Waals surface area contributed by atoms with Crippen molar-refractivity contribution in [3.05, 3.63) is 42.3 Å². The normalized spacial score (nSPS) is 23.6. The number of ether oxygens (including phenoxy) is 2. The van der Waals surface area contributed by atoms with Gasteiger partial charge in [-0.25, -0.2) is 18.4 Å². The van der Waals surface area contributed by atoms with E-state index >= 15 is 0 Å². The van der Waals surface area contributed by atoms with Gasteiger partial charge in [0.05, 0.1) is 36.0 Å². The van der Waals surface area contributed by atoms with Gasteiger partial charge in [0.2, 0.25) is 27.7 Å². The standard InChI is InChI=1S/C43H57N7O8S2/c1-8-26-22-43(26,40(54)48-60(55,56)29-13-14-29)47-38(52)35-19-28(23-50(35)39(53)31(42(4,5)6)20-37(51)49-16-10-9-11-17-49)58-36-21-33(34-24-59-41(46-34)44-25(2)3)45-32-18-27(57-7)12-15-30(32)36/h8,12,15,18,21,24-26,28-29,31,35H,1,9-11,13-14,16-17,19-20,22-23H2,2-7H3,(H,44,46)(H,47,52)(H,48,54)/t26-,28-,31?,35+,43-/m1/s1. The number of anilines is 1. The summed E-state index contributed by atoms with van der Waals surface area (Å²) in [5.74, 6) is -2.15. The van der Waals surface area contributed by atoms with Crippen LogP contribution in [-0.2, 0) is 29.2 Å². The molecule has 2 aromatic heterocycles. The molecule has 4 aliphatic rings. The molecule has 4 fully saturated rings. The maximum Gasteiger partial charge on any atom is 0.259 e. The molecule has 0 bridgehead atoms. The lowest BCUT2D eigenvalue weighted by atomic mass is 9.77. The molecule has 0 radical (unpaired) electrons. The zero-order valence-corrected chi connectivity index (χ0v) is 36.9. The third kappa shape index (κ3) is 9.26. The van der Waals surface area contributed by atoms with Crippen LogP contribution in [-0.4, -0.2) is 108 Å². The van der Waals surface area contributed by atoms with E-state index in [4.69, 9.17) is 19.4 Å². The van der Waals surface area contributed by atoms with Crippen molar-refractivity contribution < 1.29 is 37.1 Å². The van der Waals surface area contributed by atoms with E-state index in [1.165, 1.54) is 22.3 Å². The maximum absolute atomic E-state index is 14.9. The summed E-state index contributed by atoms with van der Waals surface area (Å²) in [6.07, 6.45) is 4.81. The van der Waals surface area contributed by atoms with Gasteiger partial charge in [-0.2, -0.15) is 0 Å². The second-order valence-electron chi connectivity index (χ2n) is 18.0. The minimum Gasteiger partial charge on any atom is -0.497 e. The van der Waals surface area contributed by atoms with Gasteiger partial charge in [-0.15, -0.1) is 17.9 Å². The van der Waals surface area contributed by atoms with Gasteiger partial charge in [0.15, 0.2) is 5.13 Å². The van der Waals surface area contributed by atoms with E-state index in [1.807, 2.05) is 51.0 Å². The number of pyridine rings is 1. The van der Waals surface area contributed by atoms with Gasteiger partial charge < -0.3 is 29.9 Å². The lowest BCUT2D eigenvalue weighted by Crippen LogP contribution is -2.57. The Labute approximate surface area is 356 Å². The molecule has 15 nitrogen and oxygen atoms in total. The van der Waals surface area contributed by atoms with Crippen molar-refractivity contribution in [3.8, 4) is 22.9 Å². The Hall–Kier alpha value is -4.77. The van der Waals surface area contributed by atoms with Gasteiger partial charge in [-0.3, -0.25) is 23.9 Å².